The fourth-order valence-corrected chi connectivity index (χ4v) is 1.73. The quantitative estimate of drug-likeness (QED) is 0.796. The van der Waals surface area contributed by atoms with Crippen LogP contribution in [0.1, 0.15) is 5.56 Å². The van der Waals surface area contributed by atoms with Crippen molar-refractivity contribution in [1.82, 2.24) is 4.72 Å². The number of hydrogen-bond donors (Lipinski definition) is 1. The summed E-state index contributed by atoms with van der Waals surface area (Å²) in [5.41, 5.74) is 0.808. The molecule has 0 fully saturated rings. The highest BCUT2D eigenvalue weighted by molar-refractivity contribution is 7.89. The first-order chi connectivity index (χ1) is 6.60. The van der Waals surface area contributed by atoms with Gasteiger partial charge in [-0.1, -0.05) is 12.1 Å². The molecule has 0 saturated carbocycles. The molecule has 0 amide bonds. The molecule has 1 aromatic carbocycles. The molecule has 14 heavy (non-hydrogen) atoms. The Kier molecular flexibility index (Phi) is 3.23. The van der Waals surface area contributed by atoms with Gasteiger partial charge in [0.1, 0.15) is 0 Å². The van der Waals surface area contributed by atoms with Gasteiger partial charge >= 0.3 is 0 Å². The molecule has 0 spiro atoms. The van der Waals surface area contributed by atoms with Gasteiger partial charge in [0.2, 0.25) is 10.0 Å². The van der Waals surface area contributed by atoms with E-state index in [2.05, 4.69) is 4.72 Å². The van der Waals surface area contributed by atoms with E-state index in [0.29, 0.717) is 6.42 Å². The second kappa shape index (κ2) is 4.22. The van der Waals surface area contributed by atoms with E-state index in [9.17, 15) is 8.42 Å². The van der Waals surface area contributed by atoms with Crippen LogP contribution in [0.2, 0.25) is 0 Å². The van der Waals surface area contributed by atoms with Crippen LogP contribution in [-0.2, 0) is 16.4 Å². The van der Waals surface area contributed by atoms with E-state index in [1.807, 2.05) is 6.07 Å². The van der Waals surface area contributed by atoms with E-state index < -0.39 is 10.0 Å². The first-order valence-corrected chi connectivity index (χ1v) is 5.48. The Morgan fingerprint density at radius 3 is 2.36 bits per heavy atom. The van der Waals surface area contributed by atoms with Crippen LogP contribution in [-0.4, -0.2) is 15.5 Å². The lowest BCUT2D eigenvalue weighted by Crippen LogP contribution is -2.18. The summed E-state index contributed by atoms with van der Waals surface area (Å²) < 4.78 is 24.8. The molecule has 0 aliphatic heterocycles. The highest BCUT2D eigenvalue weighted by Crippen LogP contribution is 2.09. The number of sulfonamides is 1. The zero-order valence-corrected chi connectivity index (χ0v) is 8.50. The third-order valence-electron chi connectivity index (χ3n) is 1.79. The summed E-state index contributed by atoms with van der Waals surface area (Å²) in [5, 5.41) is 8.41. The largest absolute Gasteiger partial charge is 0.240 e. The molecule has 0 aliphatic rings. The van der Waals surface area contributed by atoms with Gasteiger partial charge in [-0.05, 0) is 24.7 Å². The van der Waals surface area contributed by atoms with E-state index in [1.54, 1.807) is 12.1 Å². The first-order valence-electron chi connectivity index (χ1n) is 3.99. The average Bonchev–Trinajstić information content (AvgIpc) is 2.19. The standard InChI is InChI=1S/C9H10N2O2S/c1-11-14(12,13)9-4-2-8(3-5-9)6-7-10/h2-5,11H,6H2,1H3. The van der Waals surface area contributed by atoms with Crippen molar-refractivity contribution in [3.63, 3.8) is 0 Å². The average molecular weight is 210 g/mol. The summed E-state index contributed by atoms with van der Waals surface area (Å²) in [4.78, 5) is 0.210. The number of nitrogens with one attached hydrogen (secondary N) is 1. The molecule has 1 N–H and O–H groups in total. The van der Waals surface area contributed by atoms with Crippen LogP contribution in [0.3, 0.4) is 0 Å². The zero-order chi connectivity index (χ0) is 10.6. The Morgan fingerprint density at radius 1 is 1.36 bits per heavy atom. The maximum atomic E-state index is 11.3. The van der Waals surface area contributed by atoms with Crippen molar-refractivity contribution in [2.24, 2.45) is 0 Å². The molecule has 74 valence electrons. The first kappa shape index (κ1) is 10.7. The molecule has 0 saturated heterocycles. The highest BCUT2D eigenvalue weighted by Gasteiger charge is 2.09. The Hall–Kier alpha value is -1.38. The predicted molar refractivity (Wildman–Crippen MR) is 52.0 cm³/mol. The molecule has 5 heteroatoms. The van der Waals surface area contributed by atoms with Crippen LogP contribution < -0.4 is 4.72 Å². The van der Waals surface area contributed by atoms with Gasteiger partial charge in [0, 0.05) is 0 Å². The summed E-state index contributed by atoms with van der Waals surface area (Å²) in [6, 6.07) is 8.23. The molecule has 1 rings (SSSR count). The highest BCUT2D eigenvalue weighted by atomic mass is 32.2. The molecule has 0 aromatic heterocycles. The predicted octanol–water partition coefficient (Wildman–Crippen LogP) is 0.661. The number of hydrogen-bond acceptors (Lipinski definition) is 3. The maximum Gasteiger partial charge on any atom is 0.240 e. The minimum Gasteiger partial charge on any atom is -0.214 e. The SMILES string of the molecule is CNS(=O)(=O)c1ccc(CC#N)cc1. The van der Waals surface area contributed by atoms with Crippen molar-refractivity contribution < 1.29 is 8.42 Å². The van der Waals surface area contributed by atoms with Gasteiger partial charge in [-0.3, -0.25) is 0 Å². The molecule has 0 radical (unpaired) electrons. The van der Waals surface area contributed by atoms with Gasteiger partial charge in [0.05, 0.1) is 17.4 Å². The fourth-order valence-electron chi connectivity index (χ4n) is 0.996. The molecule has 4 nitrogen and oxygen atoms in total. The van der Waals surface area contributed by atoms with Crippen molar-refractivity contribution in [1.29, 1.82) is 5.26 Å². The van der Waals surface area contributed by atoms with Crippen molar-refractivity contribution in [3.05, 3.63) is 29.8 Å². The molecular formula is C9H10N2O2S. The minimum absolute atomic E-state index is 0.210. The third kappa shape index (κ3) is 2.31. The molecule has 0 aliphatic carbocycles. The number of benzene rings is 1. The Morgan fingerprint density at radius 2 is 1.93 bits per heavy atom. The van der Waals surface area contributed by atoms with Gasteiger partial charge in [0.15, 0.2) is 0 Å². The summed E-state index contributed by atoms with van der Waals surface area (Å²) in [6.45, 7) is 0. The fraction of sp³-hybridized carbons (Fsp3) is 0.222. The van der Waals surface area contributed by atoms with E-state index in [0.717, 1.165) is 5.56 Å². The van der Waals surface area contributed by atoms with Crippen molar-refractivity contribution >= 4 is 10.0 Å². The second-order valence-corrected chi connectivity index (χ2v) is 4.57. The smallest absolute Gasteiger partial charge is 0.214 e. The van der Waals surface area contributed by atoms with Crippen LogP contribution in [0, 0.1) is 11.3 Å². The Balaban J connectivity index is 3.01. The van der Waals surface area contributed by atoms with E-state index >= 15 is 0 Å². The number of rotatable bonds is 3. The van der Waals surface area contributed by atoms with Gasteiger partial charge in [0.25, 0.3) is 0 Å². The monoisotopic (exact) mass is 210 g/mol. The summed E-state index contributed by atoms with van der Waals surface area (Å²) in [6.07, 6.45) is 0.292. The maximum absolute atomic E-state index is 11.3. The van der Waals surface area contributed by atoms with Gasteiger partial charge in [-0.15, -0.1) is 0 Å². The molecule has 0 bridgehead atoms. The number of nitriles is 1. The molecule has 0 heterocycles. The van der Waals surface area contributed by atoms with Gasteiger partial charge in [-0.25, -0.2) is 13.1 Å². The van der Waals surface area contributed by atoms with Crippen molar-refractivity contribution in [3.8, 4) is 6.07 Å². The van der Waals surface area contributed by atoms with Gasteiger partial charge in [-0.2, -0.15) is 5.26 Å². The zero-order valence-electron chi connectivity index (χ0n) is 7.69. The summed E-state index contributed by atoms with van der Waals surface area (Å²) >= 11 is 0. The van der Waals surface area contributed by atoms with Crippen LogP contribution in [0.25, 0.3) is 0 Å². The van der Waals surface area contributed by atoms with Crippen LogP contribution in [0.5, 0.6) is 0 Å². The molecule has 0 unspecified atom stereocenters. The summed E-state index contributed by atoms with van der Waals surface area (Å²) in [5.74, 6) is 0. The lowest BCUT2D eigenvalue weighted by molar-refractivity contribution is 0.588. The lowest BCUT2D eigenvalue weighted by Gasteiger charge is -2.02. The van der Waals surface area contributed by atoms with Crippen LogP contribution in [0.4, 0.5) is 0 Å². The lowest BCUT2D eigenvalue weighted by atomic mass is 10.2. The van der Waals surface area contributed by atoms with Crippen molar-refractivity contribution in [2.45, 2.75) is 11.3 Å². The van der Waals surface area contributed by atoms with E-state index in [1.165, 1.54) is 19.2 Å². The third-order valence-corrected chi connectivity index (χ3v) is 3.22. The topological polar surface area (TPSA) is 70.0 Å². The summed E-state index contributed by atoms with van der Waals surface area (Å²) in [7, 11) is -2.00. The molecule has 0 atom stereocenters. The number of nitrogens with zero attached hydrogens (tertiary/aromatic N) is 1. The van der Waals surface area contributed by atoms with Crippen LogP contribution >= 0.6 is 0 Å². The van der Waals surface area contributed by atoms with Crippen molar-refractivity contribution in [2.75, 3.05) is 7.05 Å². The Labute approximate surface area is 83.2 Å². The van der Waals surface area contributed by atoms with E-state index in [-0.39, 0.29) is 4.90 Å². The van der Waals surface area contributed by atoms with Gasteiger partial charge < -0.3 is 0 Å². The molecular weight excluding hydrogens is 200 g/mol. The molecule has 1 aromatic rings. The minimum atomic E-state index is -3.36. The van der Waals surface area contributed by atoms with Crippen LogP contribution in [0.15, 0.2) is 29.2 Å². The normalized spacial score (nSPS) is 10.9. The second-order valence-electron chi connectivity index (χ2n) is 2.69. The van der Waals surface area contributed by atoms with E-state index in [4.69, 9.17) is 5.26 Å². The Bertz CT molecular complexity index is 443.